The Labute approximate surface area is 109 Å². The van der Waals surface area contributed by atoms with E-state index in [2.05, 4.69) is 20.3 Å². The Hall–Kier alpha value is -2.56. The van der Waals surface area contributed by atoms with E-state index in [1.54, 1.807) is 12.4 Å². The van der Waals surface area contributed by atoms with Gasteiger partial charge in [-0.2, -0.15) is 0 Å². The van der Waals surface area contributed by atoms with Crippen molar-refractivity contribution in [3.05, 3.63) is 48.5 Å². The van der Waals surface area contributed by atoms with Gasteiger partial charge in [0.2, 0.25) is 0 Å². The number of imidazole rings is 1. The quantitative estimate of drug-likeness (QED) is 0.698. The Morgan fingerprint density at radius 1 is 1.21 bits per heavy atom. The summed E-state index contributed by atoms with van der Waals surface area (Å²) in [6, 6.07) is 9.81. The Kier molecular flexibility index (Phi) is 2.17. The summed E-state index contributed by atoms with van der Waals surface area (Å²) >= 11 is 0. The Bertz CT molecular complexity index is 704. The van der Waals surface area contributed by atoms with Gasteiger partial charge in [0.15, 0.2) is 6.10 Å². The standard InChI is InChI=1S/C14H12N4O/c1-2-4-12-10(3-1)16-8-13(19-12)14-17-9-5-6-15-7-11(9)18-14/h1-7,13,16H,8H2,(H,17,18). The van der Waals surface area contributed by atoms with Crippen molar-refractivity contribution in [3.63, 3.8) is 0 Å². The maximum atomic E-state index is 5.97. The van der Waals surface area contributed by atoms with Crippen molar-refractivity contribution in [1.82, 2.24) is 15.0 Å². The van der Waals surface area contributed by atoms with Crippen LogP contribution >= 0.6 is 0 Å². The molecule has 0 spiro atoms. The average molecular weight is 252 g/mol. The summed E-state index contributed by atoms with van der Waals surface area (Å²) in [5, 5.41) is 3.35. The van der Waals surface area contributed by atoms with Gasteiger partial charge in [0.05, 0.1) is 29.5 Å². The van der Waals surface area contributed by atoms with Crippen molar-refractivity contribution in [2.24, 2.45) is 0 Å². The Morgan fingerprint density at radius 3 is 3.11 bits per heavy atom. The maximum Gasteiger partial charge on any atom is 0.173 e. The zero-order valence-corrected chi connectivity index (χ0v) is 10.1. The van der Waals surface area contributed by atoms with Crippen LogP contribution in [0.3, 0.4) is 0 Å². The van der Waals surface area contributed by atoms with Gasteiger partial charge in [0.1, 0.15) is 11.6 Å². The van der Waals surface area contributed by atoms with Gasteiger partial charge in [0, 0.05) is 6.20 Å². The highest BCUT2D eigenvalue weighted by molar-refractivity contribution is 5.73. The third kappa shape index (κ3) is 1.71. The van der Waals surface area contributed by atoms with Gasteiger partial charge in [-0.05, 0) is 18.2 Å². The molecule has 0 bridgehead atoms. The molecule has 1 aliphatic rings. The van der Waals surface area contributed by atoms with Gasteiger partial charge >= 0.3 is 0 Å². The second kappa shape index (κ2) is 3.98. The van der Waals surface area contributed by atoms with E-state index in [1.807, 2.05) is 30.3 Å². The van der Waals surface area contributed by atoms with Crippen LogP contribution in [0.15, 0.2) is 42.7 Å². The van der Waals surface area contributed by atoms with Gasteiger partial charge in [-0.3, -0.25) is 4.98 Å². The van der Waals surface area contributed by atoms with Gasteiger partial charge in [-0.15, -0.1) is 0 Å². The second-order valence-electron chi connectivity index (χ2n) is 4.50. The minimum absolute atomic E-state index is 0.109. The number of para-hydroxylation sites is 2. The van der Waals surface area contributed by atoms with Crippen LogP contribution in [0.25, 0.3) is 11.0 Å². The lowest BCUT2D eigenvalue weighted by Gasteiger charge is -2.25. The first kappa shape index (κ1) is 10.4. The summed E-state index contributed by atoms with van der Waals surface area (Å²) in [5.41, 5.74) is 2.86. The van der Waals surface area contributed by atoms with Crippen molar-refractivity contribution in [2.75, 3.05) is 11.9 Å². The lowest BCUT2D eigenvalue weighted by molar-refractivity contribution is 0.202. The van der Waals surface area contributed by atoms with Crippen LogP contribution in [0.5, 0.6) is 5.75 Å². The molecule has 5 nitrogen and oxygen atoms in total. The van der Waals surface area contributed by atoms with Crippen LogP contribution in [0, 0.1) is 0 Å². The average Bonchev–Trinajstić information content (AvgIpc) is 2.90. The molecule has 1 aromatic carbocycles. The minimum Gasteiger partial charge on any atom is -0.478 e. The molecule has 94 valence electrons. The summed E-state index contributed by atoms with van der Waals surface area (Å²) in [6.07, 6.45) is 3.40. The normalized spacial score (nSPS) is 17.6. The van der Waals surface area contributed by atoms with Gasteiger partial charge < -0.3 is 15.0 Å². The third-order valence-electron chi connectivity index (χ3n) is 3.24. The summed E-state index contributed by atoms with van der Waals surface area (Å²) in [5.74, 6) is 1.68. The zero-order chi connectivity index (χ0) is 12.7. The molecule has 0 aliphatic carbocycles. The number of hydrogen-bond acceptors (Lipinski definition) is 4. The van der Waals surface area contributed by atoms with Crippen LogP contribution in [0.2, 0.25) is 0 Å². The Morgan fingerprint density at radius 2 is 2.16 bits per heavy atom. The summed E-state index contributed by atoms with van der Waals surface area (Å²) in [6.45, 7) is 0.699. The first-order valence-electron chi connectivity index (χ1n) is 6.19. The van der Waals surface area contributed by atoms with Crippen molar-refractivity contribution < 1.29 is 4.74 Å². The van der Waals surface area contributed by atoms with Crippen LogP contribution in [0.4, 0.5) is 5.69 Å². The molecule has 0 saturated carbocycles. The number of H-pyrrole nitrogens is 1. The number of aromatic nitrogens is 3. The second-order valence-corrected chi connectivity index (χ2v) is 4.50. The van der Waals surface area contributed by atoms with E-state index < -0.39 is 0 Å². The number of anilines is 1. The van der Waals surface area contributed by atoms with Gasteiger partial charge in [0.25, 0.3) is 0 Å². The molecule has 5 heteroatoms. The van der Waals surface area contributed by atoms with E-state index in [9.17, 15) is 0 Å². The number of pyridine rings is 1. The topological polar surface area (TPSA) is 62.8 Å². The largest absolute Gasteiger partial charge is 0.478 e. The van der Waals surface area contributed by atoms with Crippen LogP contribution in [0.1, 0.15) is 11.9 Å². The number of ether oxygens (including phenoxy) is 1. The SMILES string of the molecule is c1ccc2c(c1)NCC(c1nc3ccncc3[nH]1)O2. The van der Waals surface area contributed by atoms with E-state index in [0.29, 0.717) is 6.54 Å². The number of nitrogens with zero attached hydrogens (tertiary/aromatic N) is 2. The van der Waals surface area contributed by atoms with Crippen LogP contribution < -0.4 is 10.1 Å². The van der Waals surface area contributed by atoms with E-state index in [-0.39, 0.29) is 6.10 Å². The molecular formula is C14H12N4O. The van der Waals surface area contributed by atoms with E-state index in [4.69, 9.17) is 4.74 Å². The van der Waals surface area contributed by atoms with Crippen molar-refractivity contribution in [2.45, 2.75) is 6.10 Å². The van der Waals surface area contributed by atoms with Crippen LogP contribution in [-0.4, -0.2) is 21.5 Å². The third-order valence-corrected chi connectivity index (χ3v) is 3.24. The molecule has 4 rings (SSSR count). The Balaban J connectivity index is 1.70. The van der Waals surface area contributed by atoms with Crippen molar-refractivity contribution >= 4 is 16.7 Å². The summed E-state index contributed by atoms with van der Waals surface area (Å²) in [4.78, 5) is 11.9. The molecule has 2 aromatic heterocycles. The molecule has 19 heavy (non-hydrogen) atoms. The number of fused-ring (bicyclic) bond motifs is 2. The molecule has 3 aromatic rings. The number of aromatic amines is 1. The fraction of sp³-hybridized carbons (Fsp3) is 0.143. The van der Waals surface area contributed by atoms with E-state index in [0.717, 1.165) is 28.3 Å². The number of hydrogen-bond donors (Lipinski definition) is 2. The van der Waals surface area contributed by atoms with Crippen molar-refractivity contribution in [1.29, 1.82) is 0 Å². The molecule has 0 saturated heterocycles. The van der Waals surface area contributed by atoms with Crippen molar-refractivity contribution in [3.8, 4) is 5.75 Å². The lowest BCUT2D eigenvalue weighted by Crippen LogP contribution is -2.24. The number of benzene rings is 1. The monoisotopic (exact) mass is 252 g/mol. The summed E-state index contributed by atoms with van der Waals surface area (Å²) < 4.78 is 5.97. The predicted octanol–water partition coefficient (Wildman–Crippen LogP) is 2.50. The number of rotatable bonds is 1. The highest BCUT2D eigenvalue weighted by Gasteiger charge is 2.23. The molecule has 1 atom stereocenters. The van der Waals surface area contributed by atoms with Gasteiger partial charge in [-0.1, -0.05) is 12.1 Å². The summed E-state index contributed by atoms with van der Waals surface area (Å²) in [7, 11) is 0. The highest BCUT2D eigenvalue weighted by Crippen LogP contribution is 2.33. The highest BCUT2D eigenvalue weighted by atomic mass is 16.5. The molecule has 0 radical (unpaired) electrons. The molecule has 1 aliphatic heterocycles. The molecule has 1 unspecified atom stereocenters. The molecular weight excluding hydrogens is 240 g/mol. The first-order chi connectivity index (χ1) is 9.40. The van der Waals surface area contributed by atoms with Crippen LogP contribution in [-0.2, 0) is 0 Å². The zero-order valence-electron chi connectivity index (χ0n) is 10.1. The fourth-order valence-corrected chi connectivity index (χ4v) is 2.29. The molecule has 0 amide bonds. The first-order valence-corrected chi connectivity index (χ1v) is 6.19. The van der Waals surface area contributed by atoms with Gasteiger partial charge in [-0.25, -0.2) is 4.98 Å². The minimum atomic E-state index is -0.109. The predicted molar refractivity (Wildman–Crippen MR) is 72.2 cm³/mol. The maximum absolute atomic E-state index is 5.97. The molecule has 3 heterocycles. The fourth-order valence-electron chi connectivity index (χ4n) is 2.29. The molecule has 2 N–H and O–H groups in total. The van der Waals surface area contributed by atoms with E-state index in [1.165, 1.54) is 0 Å². The number of nitrogens with one attached hydrogen (secondary N) is 2. The lowest BCUT2D eigenvalue weighted by atomic mass is 10.2. The molecule has 0 fully saturated rings. The smallest absolute Gasteiger partial charge is 0.173 e. The van der Waals surface area contributed by atoms with E-state index >= 15 is 0 Å².